The molecule has 0 aliphatic rings. The average Bonchev–Trinajstić information content (AvgIpc) is 2.76. The number of esters is 1. The Balaban J connectivity index is 7.22. The fourth-order valence-corrected chi connectivity index (χ4v) is 2.32. The Labute approximate surface area is 215 Å². The second-order valence-corrected chi connectivity index (χ2v) is 8.17. The van der Waals surface area contributed by atoms with Gasteiger partial charge in [-0.3, -0.25) is 0 Å². The third-order valence-electron chi connectivity index (χ3n) is 5.15. The lowest BCUT2D eigenvalue weighted by Gasteiger charge is -2.45. The van der Waals surface area contributed by atoms with Crippen LogP contribution in [-0.4, -0.2) is 71.6 Å². The van der Waals surface area contributed by atoms with Crippen LogP contribution in [0.4, 0.5) is 101 Å². The van der Waals surface area contributed by atoms with E-state index in [1.807, 2.05) is 0 Å². The third kappa shape index (κ3) is 5.08. The number of rotatable bonds is 12. The molecule has 0 saturated carbocycles. The summed E-state index contributed by atoms with van der Waals surface area (Å²) in [4.78, 5) is 10.8. The molecule has 0 aromatic heterocycles. The van der Waals surface area contributed by atoms with Crippen LogP contribution in [0.5, 0.6) is 0 Å². The zero-order valence-corrected chi connectivity index (χ0v) is 19.3. The molecule has 42 heavy (non-hydrogen) atoms. The van der Waals surface area contributed by atoms with Gasteiger partial charge < -0.3 is 4.74 Å². The van der Waals surface area contributed by atoms with Crippen LogP contribution >= 0.6 is 0 Å². The minimum Gasteiger partial charge on any atom is -0.393 e. The molecule has 0 aromatic carbocycles. The van der Waals surface area contributed by atoms with Crippen LogP contribution in [0.25, 0.3) is 0 Å². The molecule has 0 bridgehead atoms. The van der Waals surface area contributed by atoms with E-state index in [0.29, 0.717) is 0 Å². The molecule has 1 unspecified atom stereocenters. The topological polar surface area (TPSA) is 26.3 Å². The second kappa shape index (κ2) is 10.1. The third-order valence-corrected chi connectivity index (χ3v) is 5.15. The van der Waals surface area contributed by atoms with Crippen molar-refractivity contribution >= 4 is 5.97 Å². The normalized spacial score (nSPS) is 16.8. The summed E-state index contributed by atoms with van der Waals surface area (Å²) in [7, 11) is 0. The van der Waals surface area contributed by atoms with Crippen molar-refractivity contribution in [3.05, 3.63) is 12.2 Å². The van der Waals surface area contributed by atoms with Crippen molar-refractivity contribution in [3.63, 3.8) is 0 Å². The summed E-state index contributed by atoms with van der Waals surface area (Å²) < 4.78 is 312. The Morgan fingerprint density at radius 1 is 0.500 bits per heavy atom. The first-order valence-corrected chi connectivity index (χ1v) is 9.47. The largest absolute Gasteiger partial charge is 0.473 e. The average molecular weight is 682 g/mol. The predicted molar refractivity (Wildman–Crippen MR) is 85.6 cm³/mol. The lowest BCUT2D eigenvalue weighted by molar-refractivity contribution is -0.480. The standard InChI is InChI=1S/C17H9F23O2/c1-4(2)6(41)42-17(39,40)16(37,38)15(35,36)14(33,34)13(31,32)12(29,30)11(27,28)10(25,26)9(23,24)7(18,19)5(3)8(20,21)22/h5H,1H2,2-3H3. The first-order chi connectivity index (χ1) is 17.7. The van der Waals surface area contributed by atoms with Crippen LogP contribution < -0.4 is 0 Å². The summed E-state index contributed by atoms with van der Waals surface area (Å²) in [5.74, 6) is -88.3. The van der Waals surface area contributed by atoms with Crippen molar-refractivity contribution in [2.45, 2.75) is 79.4 Å². The van der Waals surface area contributed by atoms with Gasteiger partial charge in [-0.15, -0.1) is 0 Å². The molecule has 0 aromatic rings. The van der Waals surface area contributed by atoms with E-state index in [1.54, 1.807) is 0 Å². The van der Waals surface area contributed by atoms with Crippen LogP contribution in [0.15, 0.2) is 12.2 Å². The quantitative estimate of drug-likeness (QED) is 0.117. The molecular weight excluding hydrogens is 673 g/mol. The van der Waals surface area contributed by atoms with E-state index >= 15 is 0 Å². The number of hydrogen-bond donors (Lipinski definition) is 0. The summed E-state index contributed by atoms with van der Waals surface area (Å²) in [5.41, 5.74) is -1.46. The molecule has 0 rings (SSSR count). The number of ether oxygens (including phenoxy) is 1. The van der Waals surface area contributed by atoms with Gasteiger partial charge in [-0.25, -0.2) is 4.79 Å². The van der Waals surface area contributed by atoms with Gasteiger partial charge in [0.25, 0.3) is 0 Å². The number of halogens is 23. The maximum absolute atomic E-state index is 13.7. The Morgan fingerprint density at radius 3 is 0.976 bits per heavy atom. The second-order valence-electron chi connectivity index (χ2n) is 8.17. The van der Waals surface area contributed by atoms with Crippen molar-refractivity contribution in [2.24, 2.45) is 5.92 Å². The van der Waals surface area contributed by atoms with Gasteiger partial charge in [0.05, 0.1) is 0 Å². The van der Waals surface area contributed by atoms with Crippen molar-refractivity contribution in [1.82, 2.24) is 0 Å². The molecule has 1 atom stereocenters. The van der Waals surface area contributed by atoms with Crippen molar-refractivity contribution in [2.75, 3.05) is 0 Å². The smallest absolute Gasteiger partial charge is 0.393 e. The van der Waals surface area contributed by atoms with E-state index in [0.717, 1.165) is 0 Å². The molecule has 0 N–H and O–H groups in total. The van der Waals surface area contributed by atoms with Crippen LogP contribution in [0.1, 0.15) is 13.8 Å². The minimum atomic E-state index is -9.41. The van der Waals surface area contributed by atoms with Gasteiger partial charge in [0.1, 0.15) is 5.92 Å². The lowest BCUT2D eigenvalue weighted by Crippen LogP contribution is -2.77. The number of carbonyl (C=O) groups excluding carboxylic acids is 1. The van der Waals surface area contributed by atoms with Crippen LogP contribution in [0.3, 0.4) is 0 Å². The first kappa shape index (κ1) is 39.6. The molecule has 0 saturated heterocycles. The Morgan fingerprint density at radius 2 is 0.738 bits per heavy atom. The molecule has 0 spiro atoms. The van der Waals surface area contributed by atoms with E-state index < -0.39 is 90.0 Å². The van der Waals surface area contributed by atoms with Gasteiger partial charge >= 0.3 is 71.6 Å². The van der Waals surface area contributed by atoms with E-state index in [2.05, 4.69) is 11.3 Å². The Hall–Kier alpha value is -2.40. The highest BCUT2D eigenvalue weighted by Gasteiger charge is 2.98. The van der Waals surface area contributed by atoms with Gasteiger partial charge in [0.15, 0.2) is 0 Å². The first-order valence-electron chi connectivity index (χ1n) is 9.47. The molecular formula is C17H9F23O2. The Kier molecular flexibility index (Phi) is 9.50. The van der Waals surface area contributed by atoms with Gasteiger partial charge in [0.2, 0.25) is 0 Å². The summed E-state index contributed by atoms with van der Waals surface area (Å²) in [5, 5.41) is 0. The van der Waals surface area contributed by atoms with Gasteiger partial charge in [-0.05, 0) is 13.8 Å². The molecule has 25 heteroatoms. The van der Waals surface area contributed by atoms with Crippen molar-refractivity contribution < 1.29 is 111 Å². The van der Waals surface area contributed by atoms with Gasteiger partial charge in [-0.1, -0.05) is 6.58 Å². The molecule has 0 aliphatic heterocycles. The Bertz CT molecular complexity index is 1040. The monoisotopic (exact) mass is 682 g/mol. The van der Waals surface area contributed by atoms with E-state index in [9.17, 15) is 106 Å². The zero-order valence-electron chi connectivity index (χ0n) is 19.3. The summed E-state index contributed by atoms with van der Waals surface area (Å²) >= 11 is 0. The molecule has 0 aliphatic carbocycles. The van der Waals surface area contributed by atoms with Crippen LogP contribution in [0.2, 0.25) is 0 Å². The number of carbonyl (C=O) groups is 1. The van der Waals surface area contributed by atoms with Gasteiger partial charge in [0, 0.05) is 5.57 Å². The summed E-state index contributed by atoms with van der Waals surface area (Å²) in [6.07, 6.45) is -14.3. The lowest BCUT2D eigenvalue weighted by atomic mass is 9.84. The van der Waals surface area contributed by atoms with E-state index in [-0.39, 0.29) is 6.92 Å². The molecule has 0 fully saturated rings. The minimum absolute atomic E-state index is 0.259. The molecule has 0 radical (unpaired) electrons. The predicted octanol–water partition coefficient (Wildman–Crippen LogP) is 8.61. The fraction of sp³-hybridized carbons (Fsp3) is 0.824. The number of alkyl halides is 23. The van der Waals surface area contributed by atoms with Crippen molar-refractivity contribution in [3.8, 4) is 0 Å². The highest BCUT2D eigenvalue weighted by Crippen LogP contribution is 2.67. The summed E-state index contributed by atoms with van der Waals surface area (Å²) in [6, 6.07) is 0. The zero-order chi connectivity index (χ0) is 34.9. The van der Waals surface area contributed by atoms with Gasteiger partial charge in [-0.2, -0.15) is 101 Å². The maximum Gasteiger partial charge on any atom is 0.473 e. The van der Waals surface area contributed by atoms with Crippen LogP contribution in [-0.2, 0) is 9.53 Å². The maximum atomic E-state index is 13.7. The van der Waals surface area contributed by atoms with Crippen LogP contribution in [0, 0.1) is 5.92 Å². The fourth-order valence-electron chi connectivity index (χ4n) is 2.32. The molecule has 250 valence electrons. The SMILES string of the molecule is C=C(C)C(=O)OC(F)(F)C(F)(F)C(F)(F)C(F)(F)C(F)(F)C(F)(F)C(F)(F)C(F)(F)C(F)(F)C(F)(F)C(C)C(F)(F)F. The number of hydrogen-bond acceptors (Lipinski definition) is 2. The molecule has 0 heterocycles. The highest BCUT2D eigenvalue weighted by molar-refractivity contribution is 5.87. The summed E-state index contributed by atoms with van der Waals surface area (Å²) in [6.45, 7) is 1.45. The van der Waals surface area contributed by atoms with E-state index in [4.69, 9.17) is 0 Å². The molecule has 2 nitrogen and oxygen atoms in total. The highest BCUT2D eigenvalue weighted by atomic mass is 19.4. The van der Waals surface area contributed by atoms with E-state index in [1.165, 1.54) is 0 Å². The van der Waals surface area contributed by atoms with Crippen molar-refractivity contribution in [1.29, 1.82) is 0 Å². The molecule has 0 amide bonds.